The lowest BCUT2D eigenvalue weighted by molar-refractivity contribution is -0.120. The van der Waals surface area contributed by atoms with Crippen LogP contribution in [0.3, 0.4) is 0 Å². The van der Waals surface area contributed by atoms with E-state index < -0.39 is 16.1 Å². The fourth-order valence-corrected chi connectivity index (χ4v) is 5.02. The van der Waals surface area contributed by atoms with Crippen molar-refractivity contribution < 1.29 is 22.7 Å². The standard InChI is InChI=1S/C23H26N4O5S/c1-3-32-23(29)26(2)20-8-6-19(7-9-20)25-22(28)18-12-14-27(15-13-18)33(30,31)21-10-4-17(16-24)5-11-21/h4-11,18H,3,12-15H2,1-2H3,(H,25,28). The number of hydrogen-bond donors (Lipinski definition) is 1. The number of hydrogen-bond acceptors (Lipinski definition) is 6. The van der Waals surface area contributed by atoms with Crippen molar-refractivity contribution in [2.24, 2.45) is 5.92 Å². The third kappa shape index (κ3) is 5.69. The predicted octanol–water partition coefficient (Wildman–Crippen LogP) is 3.19. The van der Waals surface area contributed by atoms with Gasteiger partial charge in [-0.25, -0.2) is 13.2 Å². The number of amides is 2. The lowest BCUT2D eigenvalue weighted by Gasteiger charge is -2.30. The molecule has 2 aromatic rings. The van der Waals surface area contributed by atoms with Crippen molar-refractivity contribution in [1.29, 1.82) is 5.26 Å². The van der Waals surface area contributed by atoms with Gasteiger partial charge in [-0.1, -0.05) is 0 Å². The highest BCUT2D eigenvalue weighted by Gasteiger charge is 2.32. The molecule has 0 radical (unpaired) electrons. The number of ether oxygens (including phenoxy) is 1. The van der Waals surface area contributed by atoms with Gasteiger partial charge in [-0.05, 0) is 68.3 Å². The molecule has 2 amide bonds. The van der Waals surface area contributed by atoms with E-state index in [-0.39, 0.29) is 36.4 Å². The van der Waals surface area contributed by atoms with Crippen LogP contribution >= 0.6 is 0 Å². The van der Waals surface area contributed by atoms with Crippen LogP contribution in [-0.2, 0) is 19.6 Å². The van der Waals surface area contributed by atoms with Crippen LogP contribution in [-0.4, -0.2) is 51.5 Å². The molecule has 1 aliphatic rings. The Labute approximate surface area is 193 Å². The molecule has 174 valence electrons. The maximum absolute atomic E-state index is 12.8. The Morgan fingerprint density at radius 3 is 2.27 bits per heavy atom. The van der Waals surface area contributed by atoms with Gasteiger partial charge in [-0.15, -0.1) is 0 Å². The Balaban J connectivity index is 1.56. The number of anilines is 2. The molecule has 1 heterocycles. The van der Waals surface area contributed by atoms with Crippen molar-refractivity contribution in [3.63, 3.8) is 0 Å². The maximum atomic E-state index is 12.8. The molecular formula is C23H26N4O5S. The van der Waals surface area contributed by atoms with Crippen LogP contribution in [0.1, 0.15) is 25.3 Å². The van der Waals surface area contributed by atoms with E-state index in [0.717, 1.165) is 0 Å². The molecule has 1 aliphatic heterocycles. The molecule has 0 atom stereocenters. The third-order valence-electron chi connectivity index (χ3n) is 5.51. The number of sulfonamides is 1. The zero-order valence-electron chi connectivity index (χ0n) is 18.5. The Hall–Kier alpha value is -3.42. The van der Waals surface area contributed by atoms with Crippen LogP contribution < -0.4 is 10.2 Å². The van der Waals surface area contributed by atoms with Gasteiger partial charge in [0.2, 0.25) is 15.9 Å². The van der Waals surface area contributed by atoms with Crippen molar-refractivity contribution in [2.75, 3.05) is 37.0 Å². The fourth-order valence-electron chi connectivity index (χ4n) is 3.55. The maximum Gasteiger partial charge on any atom is 0.413 e. The molecule has 0 aromatic heterocycles. The number of nitrogens with one attached hydrogen (secondary N) is 1. The molecule has 33 heavy (non-hydrogen) atoms. The monoisotopic (exact) mass is 470 g/mol. The summed E-state index contributed by atoms with van der Waals surface area (Å²) in [5.41, 5.74) is 1.62. The average molecular weight is 471 g/mol. The van der Waals surface area contributed by atoms with Crippen molar-refractivity contribution in [3.8, 4) is 6.07 Å². The number of nitrogens with zero attached hydrogens (tertiary/aromatic N) is 3. The molecule has 1 N–H and O–H groups in total. The van der Waals surface area contributed by atoms with Gasteiger partial charge in [0.05, 0.1) is 23.1 Å². The largest absolute Gasteiger partial charge is 0.449 e. The molecule has 9 nitrogen and oxygen atoms in total. The Morgan fingerprint density at radius 1 is 1.12 bits per heavy atom. The molecule has 0 saturated carbocycles. The van der Waals surface area contributed by atoms with Gasteiger partial charge in [0, 0.05) is 37.4 Å². The number of rotatable bonds is 6. The van der Waals surface area contributed by atoms with Crippen molar-refractivity contribution in [3.05, 3.63) is 54.1 Å². The average Bonchev–Trinajstić information content (AvgIpc) is 2.84. The topological polar surface area (TPSA) is 120 Å². The molecule has 10 heteroatoms. The van der Waals surface area contributed by atoms with Gasteiger partial charge in [0.15, 0.2) is 0 Å². The van der Waals surface area contributed by atoms with Crippen LogP contribution in [0, 0.1) is 17.2 Å². The first-order chi connectivity index (χ1) is 15.8. The summed E-state index contributed by atoms with van der Waals surface area (Å²) in [4.78, 5) is 26.0. The third-order valence-corrected chi connectivity index (χ3v) is 7.42. The second kappa shape index (κ2) is 10.5. The molecule has 2 aromatic carbocycles. The number of piperidine rings is 1. The normalized spacial score (nSPS) is 14.8. The van der Waals surface area contributed by atoms with Crippen LogP contribution in [0.15, 0.2) is 53.4 Å². The second-order valence-electron chi connectivity index (χ2n) is 7.61. The molecule has 0 unspecified atom stereocenters. The van der Waals surface area contributed by atoms with Crippen LogP contribution in [0.5, 0.6) is 0 Å². The van der Waals surface area contributed by atoms with Crippen molar-refractivity contribution >= 4 is 33.4 Å². The van der Waals surface area contributed by atoms with E-state index in [1.165, 1.54) is 33.5 Å². The summed E-state index contributed by atoms with van der Waals surface area (Å²) >= 11 is 0. The molecule has 3 rings (SSSR count). The minimum absolute atomic E-state index is 0.136. The summed E-state index contributed by atoms with van der Waals surface area (Å²) in [6.45, 7) is 2.50. The van der Waals surface area contributed by atoms with E-state index in [1.807, 2.05) is 6.07 Å². The van der Waals surface area contributed by atoms with E-state index in [9.17, 15) is 18.0 Å². The zero-order valence-corrected chi connectivity index (χ0v) is 19.3. The Morgan fingerprint density at radius 2 is 1.73 bits per heavy atom. The van der Waals surface area contributed by atoms with Gasteiger partial charge >= 0.3 is 6.09 Å². The van der Waals surface area contributed by atoms with Crippen LogP contribution in [0.25, 0.3) is 0 Å². The summed E-state index contributed by atoms with van der Waals surface area (Å²) in [5.74, 6) is -0.476. The van der Waals surface area contributed by atoms with Gasteiger partial charge in [-0.3, -0.25) is 9.69 Å². The summed E-state index contributed by atoms with van der Waals surface area (Å²) < 4.78 is 32.0. The zero-order chi connectivity index (χ0) is 24.0. The minimum atomic E-state index is -3.67. The van der Waals surface area contributed by atoms with E-state index in [1.54, 1.807) is 38.2 Å². The quantitative estimate of drug-likeness (QED) is 0.692. The van der Waals surface area contributed by atoms with Crippen molar-refractivity contribution in [1.82, 2.24) is 4.31 Å². The SMILES string of the molecule is CCOC(=O)N(C)c1ccc(NC(=O)C2CCN(S(=O)(=O)c3ccc(C#N)cc3)CC2)cc1. The van der Waals surface area contributed by atoms with Gasteiger partial charge in [0.1, 0.15) is 0 Å². The first-order valence-corrected chi connectivity index (χ1v) is 12.0. The lowest BCUT2D eigenvalue weighted by atomic mass is 9.97. The molecule has 0 spiro atoms. The molecule has 1 fully saturated rings. The Kier molecular flexibility index (Phi) is 7.68. The first kappa shape index (κ1) is 24.2. The molecule has 1 saturated heterocycles. The minimum Gasteiger partial charge on any atom is -0.449 e. The highest BCUT2D eigenvalue weighted by Crippen LogP contribution is 2.25. The van der Waals surface area contributed by atoms with E-state index in [4.69, 9.17) is 10.00 Å². The fraction of sp³-hybridized carbons (Fsp3) is 0.348. The summed E-state index contributed by atoms with van der Waals surface area (Å²) in [6, 6.07) is 14.6. The molecular weight excluding hydrogens is 444 g/mol. The summed E-state index contributed by atoms with van der Waals surface area (Å²) in [6.07, 6.45) is 0.354. The van der Waals surface area contributed by atoms with Crippen LogP contribution in [0.2, 0.25) is 0 Å². The van der Waals surface area contributed by atoms with Gasteiger partial charge in [-0.2, -0.15) is 9.57 Å². The molecule has 0 aliphatic carbocycles. The number of carbonyl (C=O) groups is 2. The van der Waals surface area contributed by atoms with E-state index >= 15 is 0 Å². The number of carbonyl (C=O) groups excluding carboxylic acids is 2. The highest BCUT2D eigenvalue weighted by atomic mass is 32.2. The second-order valence-corrected chi connectivity index (χ2v) is 9.55. The van der Waals surface area contributed by atoms with Crippen molar-refractivity contribution in [2.45, 2.75) is 24.7 Å². The van der Waals surface area contributed by atoms with Gasteiger partial charge < -0.3 is 10.1 Å². The predicted molar refractivity (Wildman–Crippen MR) is 123 cm³/mol. The summed E-state index contributed by atoms with van der Waals surface area (Å²) in [7, 11) is -2.07. The highest BCUT2D eigenvalue weighted by molar-refractivity contribution is 7.89. The smallest absolute Gasteiger partial charge is 0.413 e. The molecule has 0 bridgehead atoms. The van der Waals surface area contributed by atoms with Crippen LogP contribution in [0.4, 0.5) is 16.2 Å². The van der Waals surface area contributed by atoms with Gasteiger partial charge in [0.25, 0.3) is 0 Å². The number of nitriles is 1. The number of benzene rings is 2. The Bertz CT molecular complexity index is 1130. The lowest BCUT2D eigenvalue weighted by Crippen LogP contribution is -2.41. The van der Waals surface area contributed by atoms with E-state index in [2.05, 4.69) is 5.32 Å². The van der Waals surface area contributed by atoms with E-state index in [0.29, 0.717) is 29.8 Å². The first-order valence-electron chi connectivity index (χ1n) is 10.6. The summed E-state index contributed by atoms with van der Waals surface area (Å²) in [5, 5.41) is 11.7.